The maximum absolute atomic E-state index is 5.03. The molecule has 0 atom stereocenters. The Bertz CT molecular complexity index is 383. The molecule has 0 aliphatic rings. The average molecular weight is 174 g/mol. The first-order valence-corrected chi connectivity index (χ1v) is 3.83. The highest BCUT2D eigenvalue weighted by atomic mass is 16.5. The zero-order chi connectivity index (χ0) is 9.10. The summed E-state index contributed by atoms with van der Waals surface area (Å²) in [7, 11) is 1.57. The minimum absolute atomic E-state index is 0.513. The van der Waals surface area contributed by atoms with Crippen LogP contribution in [0.25, 0.3) is 11.4 Å². The number of nitrogens with zero attached hydrogens (tertiary/aromatic N) is 2. The summed E-state index contributed by atoms with van der Waals surface area (Å²) in [6.07, 6.45) is 4.33. The predicted octanol–water partition coefficient (Wildman–Crippen LogP) is 1.28. The van der Waals surface area contributed by atoms with Crippen molar-refractivity contribution in [3.05, 3.63) is 30.7 Å². The molecule has 0 saturated carbocycles. The molecule has 0 aliphatic heterocycles. The van der Waals surface area contributed by atoms with E-state index in [0.29, 0.717) is 5.88 Å². The second kappa shape index (κ2) is 3.26. The Morgan fingerprint density at radius 1 is 1.46 bits per heavy atom. The van der Waals surface area contributed by atoms with E-state index in [0.717, 1.165) is 11.4 Å². The molecule has 2 aromatic heterocycles. The minimum atomic E-state index is 0.513. The van der Waals surface area contributed by atoms with Crippen LogP contribution < -0.4 is 4.74 Å². The molecule has 2 rings (SSSR count). The summed E-state index contributed by atoms with van der Waals surface area (Å²) in [4.78, 5) is 10.9. The molecule has 2 heterocycles. The Labute approximate surface area is 75.6 Å². The molecule has 0 aliphatic carbocycles. The summed E-state index contributed by atoms with van der Waals surface area (Å²) < 4.78 is 5.03. The molecule has 0 aromatic carbocycles. The van der Waals surface area contributed by atoms with Gasteiger partial charge >= 0.3 is 0 Å². The molecule has 4 heteroatoms. The second-order valence-corrected chi connectivity index (χ2v) is 2.45. The van der Waals surface area contributed by atoms with Crippen LogP contribution in [0.15, 0.2) is 24.4 Å². The molecule has 1 radical (unpaired) electrons. The highest BCUT2D eigenvalue weighted by Gasteiger charge is 2.08. The SMILES string of the molecule is COc1n[c][nH]c1-c1ccccn1. The number of rotatable bonds is 2. The van der Waals surface area contributed by atoms with Gasteiger partial charge in [0.25, 0.3) is 0 Å². The maximum Gasteiger partial charge on any atom is 0.241 e. The van der Waals surface area contributed by atoms with Crippen LogP contribution in [0, 0.1) is 6.33 Å². The zero-order valence-corrected chi connectivity index (χ0v) is 7.11. The second-order valence-electron chi connectivity index (χ2n) is 2.45. The Morgan fingerprint density at radius 3 is 3.08 bits per heavy atom. The van der Waals surface area contributed by atoms with Crippen LogP contribution in [0.5, 0.6) is 5.88 Å². The van der Waals surface area contributed by atoms with E-state index in [1.165, 1.54) is 0 Å². The van der Waals surface area contributed by atoms with Crippen LogP contribution in [0.4, 0.5) is 0 Å². The van der Waals surface area contributed by atoms with E-state index in [4.69, 9.17) is 4.74 Å². The predicted molar refractivity (Wildman–Crippen MR) is 47.2 cm³/mol. The third-order valence-corrected chi connectivity index (χ3v) is 1.67. The molecule has 2 aromatic rings. The van der Waals surface area contributed by atoms with Gasteiger partial charge in [-0.05, 0) is 12.1 Å². The fraction of sp³-hybridized carbons (Fsp3) is 0.111. The third kappa shape index (κ3) is 1.38. The summed E-state index contributed by atoms with van der Waals surface area (Å²) in [5.41, 5.74) is 1.55. The lowest BCUT2D eigenvalue weighted by atomic mass is 10.3. The molecular formula is C9H8N3O. The summed E-state index contributed by atoms with van der Waals surface area (Å²) in [5.74, 6) is 0.513. The van der Waals surface area contributed by atoms with Gasteiger partial charge in [0, 0.05) is 6.20 Å². The Balaban J connectivity index is 2.47. The first-order valence-electron chi connectivity index (χ1n) is 3.83. The number of nitrogens with one attached hydrogen (secondary N) is 1. The minimum Gasteiger partial charge on any atom is -0.479 e. The van der Waals surface area contributed by atoms with Crippen molar-refractivity contribution in [1.82, 2.24) is 15.0 Å². The molecule has 0 bridgehead atoms. The van der Waals surface area contributed by atoms with Crippen LogP contribution in [-0.4, -0.2) is 22.1 Å². The van der Waals surface area contributed by atoms with E-state index in [1.54, 1.807) is 13.3 Å². The van der Waals surface area contributed by atoms with Gasteiger partial charge < -0.3 is 9.72 Å². The van der Waals surface area contributed by atoms with Crippen molar-refractivity contribution in [3.8, 4) is 17.3 Å². The number of hydrogen-bond acceptors (Lipinski definition) is 3. The zero-order valence-electron chi connectivity index (χ0n) is 7.11. The Hall–Kier alpha value is -1.84. The van der Waals surface area contributed by atoms with Crippen molar-refractivity contribution >= 4 is 0 Å². The molecule has 0 unspecified atom stereocenters. The molecule has 0 amide bonds. The number of pyridine rings is 1. The van der Waals surface area contributed by atoms with Gasteiger partial charge in [0.2, 0.25) is 5.88 Å². The molecule has 13 heavy (non-hydrogen) atoms. The van der Waals surface area contributed by atoms with E-state index >= 15 is 0 Å². The molecule has 0 saturated heterocycles. The normalized spacial score (nSPS) is 9.92. The number of methoxy groups -OCH3 is 1. The van der Waals surface area contributed by atoms with E-state index in [-0.39, 0.29) is 0 Å². The lowest BCUT2D eigenvalue weighted by Gasteiger charge is -1.98. The molecular weight excluding hydrogens is 166 g/mol. The van der Waals surface area contributed by atoms with Crippen molar-refractivity contribution in [2.75, 3.05) is 7.11 Å². The highest BCUT2D eigenvalue weighted by molar-refractivity contribution is 5.59. The number of aromatic nitrogens is 3. The van der Waals surface area contributed by atoms with Gasteiger partial charge in [-0.25, -0.2) is 0 Å². The quantitative estimate of drug-likeness (QED) is 0.746. The smallest absolute Gasteiger partial charge is 0.241 e. The van der Waals surface area contributed by atoms with Crippen molar-refractivity contribution in [2.24, 2.45) is 0 Å². The fourth-order valence-electron chi connectivity index (χ4n) is 1.08. The average Bonchev–Trinajstić information content (AvgIpc) is 2.67. The van der Waals surface area contributed by atoms with Crippen LogP contribution >= 0.6 is 0 Å². The van der Waals surface area contributed by atoms with E-state index in [1.807, 2.05) is 18.2 Å². The lowest BCUT2D eigenvalue weighted by molar-refractivity contribution is 0.401. The van der Waals surface area contributed by atoms with Gasteiger partial charge in [0.1, 0.15) is 5.69 Å². The topological polar surface area (TPSA) is 50.8 Å². The van der Waals surface area contributed by atoms with E-state index < -0.39 is 0 Å². The first kappa shape index (κ1) is 7.79. The third-order valence-electron chi connectivity index (χ3n) is 1.67. The maximum atomic E-state index is 5.03. The lowest BCUT2D eigenvalue weighted by Crippen LogP contribution is -1.88. The highest BCUT2D eigenvalue weighted by Crippen LogP contribution is 2.22. The van der Waals surface area contributed by atoms with Crippen molar-refractivity contribution in [1.29, 1.82) is 0 Å². The van der Waals surface area contributed by atoms with Gasteiger partial charge in [0.15, 0.2) is 6.33 Å². The van der Waals surface area contributed by atoms with Crippen molar-refractivity contribution in [3.63, 3.8) is 0 Å². The number of H-pyrrole nitrogens is 1. The summed E-state index contributed by atoms with van der Waals surface area (Å²) in [5, 5.41) is 0. The Morgan fingerprint density at radius 2 is 2.38 bits per heavy atom. The fourth-order valence-corrected chi connectivity index (χ4v) is 1.08. The summed E-state index contributed by atoms with van der Waals surface area (Å²) in [6.45, 7) is 0. The van der Waals surface area contributed by atoms with Crippen molar-refractivity contribution in [2.45, 2.75) is 0 Å². The molecule has 65 valence electrons. The number of ether oxygens (including phenoxy) is 1. The van der Waals surface area contributed by atoms with Crippen molar-refractivity contribution < 1.29 is 4.74 Å². The van der Waals surface area contributed by atoms with Crippen LogP contribution in [0.1, 0.15) is 0 Å². The summed E-state index contributed by atoms with van der Waals surface area (Å²) >= 11 is 0. The van der Waals surface area contributed by atoms with Gasteiger partial charge in [-0.1, -0.05) is 6.07 Å². The number of aromatic amines is 1. The largest absolute Gasteiger partial charge is 0.479 e. The molecule has 0 spiro atoms. The molecule has 0 fully saturated rings. The number of imidazole rings is 1. The van der Waals surface area contributed by atoms with Crippen LogP contribution in [0.3, 0.4) is 0 Å². The number of hydrogen-bond donors (Lipinski definition) is 1. The van der Waals surface area contributed by atoms with E-state index in [9.17, 15) is 0 Å². The standard InChI is InChI=1S/C9H8N3O/c1-13-9-8(11-6-12-9)7-4-2-3-5-10-7/h2-5H,1H3,(H,11,12). The van der Waals surface area contributed by atoms with Gasteiger partial charge in [-0.15, -0.1) is 0 Å². The van der Waals surface area contributed by atoms with Crippen LogP contribution in [0.2, 0.25) is 0 Å². The molecule has 1 N–H and O–H groups in total. The van der Waals surface area contributed by atoms with Gasteiger partial charge in [-0.2, -0.15) is 4.98 Å². The Kier molecular flexibility index (Phi) is 1.96. The first-order chi connectivity index (χ1) is 6.42. The van der Waals surface area contributed by atoms with Gasteiger partial charge in [0.05, 0.1) is 12.8 Å². The van der Waals surface area contributed by atoms with Gasteiger partial charge in [-0.3, -0.25) is 4.98 Å². The summed E-state index contributed by atoms with van der Waals surface area (Å²) in [6, 6.07) is 5.64. The monoisotopic (exact) mass is 174 g/mol. The van der Waals surface area contributed by atoms with Crippen LogP contribution in [-0.2, 0) is 0 Å². The van der Waals surface area contributed by atoms with E-state index in [2.05, 4.69) is 21.3 Å². The molecule has 4 nitrogen and oxygen atoms in total.